The quantitative estimate of drug-likeness (QED) is 0.731. The van der Waals surface area contributed by atoms with Crippen LogP contribution >= 0.6 is 0 Å². The summed E-state index contributed by atoms with van der Waals surface area (Å²) in [4.78, 5) is 12.6. The lowest BCUT2D eigenvalue weighted by Crippen LogP contribution is -2.70. The smallest absolute Gasteiger partial charge is 0.310 e. The molecule has 2 bridgehead atoms. The molecular formula is C20H24O5. The minimum atomic E-state index is -0.773. The topological polar surface area (TPSA) is 57.9 Å². The maximum Gasteiger partial charge on any atom is 0.310 e. The molecule has 2 aliphatic carbocycles. The van der Waals surface area contributed by atoms with Crippen molar-refractivity contribution < 1.29 is 23.4 Å². The second-order valence-corrected chi connectivity index (χ2v) is 9.37. The van der Waals surface area contributed by atoms with Crippen molar-refractivity contribution in [3.8, 4) is 0 Å². The van der Waals surface area contributed by atoms with Crippen LogP contribution < -0.4 is 0 Å². The van der Waals surface area contributed by atoms with Gasteiger partial charge in [-0.3, -0.25) is 4.79 Å². The first-order valence-electron chi connectivity index (χ1n) is 9.46. The van der Waals surface area contributed by atoms with E-state index in [-0.39, 0.29) is 34.9 Å². The number of fused-ring (bicyclic) bond motifs is 3. The number of carbonyl (C=O) groups is 1. The normalized spacial score (nSPS) is 58.3. The van der Waals surface area contributed by atoms with E-state index in [1.54, 1.807) is 12.5 Å². The molecule has 25 heavy (non-hydrogen) atoms. The first-order valence-corrected chi connectivity index (χ1v) is 9.46. The Kier molecular flexibility index (Phi) is 2.36. The molecule has 3 aliphatic heterocycles. The largest absolute Gasteiger partial charge is 0.472 e. The van der Waals surface area contributed by atoms with Crippen LogP contribution in [0.3, 0.4) is 0 Å². The summed E-state index contributed by atoms with van der Waals surface area (Å²) in [5.74, 6) is -0.403. The van der Waals surface area contributed by atoms with Crippen molar-refractivity contribution >= 4 is 5.97 Å². The molecule has 5 heteroatoms. The van der Waals surface area contributed by atoms with Crippen molar-refractivity contribution in [2.75, 3.05) is 0 Å². The number of hydrogen-bond donors (Lipinski definition) is 0. The fraction of sp³-hybridized carbons (Fsp3) is 0.750. The van der Waals surface area contributed by atoms with E-state index in [1.165, 1.54) is 0 Å². The molecule has 134 valence electrons. The molecule has 8 atom stereocenters. The van der Waals surface area contributed by atoms with Crippen molar-refractivity contribution in [2.24, 2.45) is 22.7 Å². The molecule has 0 spiro atoms. The number of ether oxygens (including phenoxy) is 3. The molecule has 5 nitrogen and oxygen atoms in total. The molecule has 2 saturated carbocycles. The molecule has 1 aromatic heterocycles. The Labute approximate surface area is 147 Å². The van der Waals surface area contributed by atoms with Gasteiger partial charge in [-0.15, -0.1) is 0 Å². The van der Waals surface area contributed by atoms with Crippen LogP contribution in [0, 0.1) is 22.7 Å². The summed E-state index contributed by atoms with van der Waals surface area (Å²) < 4.78 is 24.5. The molecule has 0 amide bonds. The molecule has 0 unspecified atom stereocenters. The van der Waals surface area contributed by atoms with Crippen molar-refractivity contribution in [3.05, 3.63) is 24.2 Å². The van der Waals surface area contributed by atoms with Crippen molar-refractivity contribution in [2.45, 2.75) is 70.1 Å². The monoisotopic (exact) mass is 344 g/mol. The van der Waals surface area contributed by atoms with Gasteiger partial charge in [0.1, 0.15) is 17.8 Å². The summed E-state index contributed by atoms with van der Waals surface area (Å²) in [6, 6.07) is 1.93. The van der Waals surface area contributed by atoms with Gasteiger partial charge in [-0.2, -0.15) is 0 Å². The van der Waals surface area contributed by atoms with Gasteiger partial charge in [0.15, 0.2) is 5.79 Å². The Morgan fingerprint density at radius 1 is 1.16 bits per heavy atom. The van der Waals surface area contributed by atoms with E-state index >= 15 is 0 Å². The Hall–Kier alpha value is -1.33. The van der Waals surface area contributed by atoms with Gasteiger partial charge >= 0.3 is 5.97 Å². The highest BCUT2D eigenvalue weighted by Crippen LogP contribution is 2.76. The van der Waals surface area contributed by atoms with Gasteiger partial charge in [0.2, 0.25) is 0 Å². The predicted octanol–water partition coefficient (Wildman–Crippen LogP) is 3.38. The average Bonchev–Trinajstić information content (AvgIpc) is 3.27. The molecule has 6 rings (SSSR count). The van der Waals surface area contributed by atoms with Gasteiger partial charge in [-0.05, 0) is 31.7 Å². The summed E-state index contributed by atoms with van der Waals surface area (Å²) >= 11 is 0. The Bertz CT molecular complexity index is 773. The molecule has 0 aromatic carbocycles. The predicted molar refractivity (Wildman–Crippen MR) is 86.3 cm³/mol. The van der Waals surface area contributed by atoms with E-state index in [1.807, 2.05) is 6.07 Å². The van der Waals surface area contributed by atoms with E-state index in [4.69, 9.17) is 18.6 Å². The minimum Gasteiger partial charge on any atom is -0.472 e. The van der Waals surface area contributed by atoms with E-state index in [0.717, 1.165) is 31.2 Å². The van der Waals surface area contributed by atoms with Gasteiger partial charge in [-0.25, -0.2) is 0 Å². The molecule has 5 aliphatic rings. The fourth-order valence-corrected chi connectivity index (χ4v) is 7.34. The van der Waals surface area contributed by atoms with Crippen molar-refractivity contribution in [3.63, 3.8) is 0 Å². The summed E-state index contributed by atoms with van der Waals surface area (Å²) in [5, 5.41) is 0. The zero-order valence-corrected chi connectivity index (χ0v) is 14.9. The lowest BCUT2D eigenvalue weighted by molar-refractivity contribution is -0.247. The summed E-state index contributed by atoms with van der Waals surface area (Å²) in [7, 11) is 0. The average molecular weight is 344 g/mol. The Balaban J connectivity index is 1.56. The van der Waals surface area contributed by atoms with Crippen LogP contribution in [0.25, 0.3) is 0 Å². The van der Waals surface area contributed by atoms with Gasteiger partial charge in [0.05, 0.1) is 18.4 Å². The van der Waals surface area contributed by atoms with E-state index < -0.39 is 11.4 Å². The van der Waals surface area contributed by atoms with E-state index in [0.29, 0.717) is 5.92 Å². The van der Waals surface area contributed by atoms with Gasteiger partial charge in [-0.1, -0.05) is 20.3 Å². The molecule has 4 heterocycles. The van der Waals surface area contributed by atoms with E-state index in [9.17, 15) is 4.79 Å². The molecule has 1 aromatic rings. The van der Waals surface area contributed by atoms with Gasteiger partial charge < -0.3 is 18.6 Å². The van der Waals surface area contributed by atoms with Crippen LogP contribution in [-0.4, -0.2) is 23.8 Å². The zero-order valence-electron chi connectivity index (χ0n) is 14.9. The molecule has 0 N–H and O–H groups in total. The van der Waals surface area contributed by atoms with Crippen LogP contribution in [0.2, 0.25) is 0 Å². The lowest BCUT2D eigenvalue weighted by Gasteiger charge is -2.63. The third kappa shape index (κ3) is 1.32. The maximum absolute atomic E-state index is 12.6. The summed E-state index contributed by atoms with van der Waals surface area (Å²) in [5.41, 5.74) is 0.284. The number of rotatable bonds is 1. The Morgan fingerprint density at radius 3 is 2.76 bits per heavy atom. The summed E-state index contributed by atoms with van der Waals surface area (Å²) in [6.07, 6.45) is 6.90. The molecule has 5 fully saturated rings. The third-order valence-electron chi connectivity index (χ3n) is 8.60. The lowest BCUT2D eigenvalue weighted by atomic mass is 9.42. The Morgan fingerprint density at radius 2 is 2.00 bits per heavy atom. The van der Waals surface area contributed by atoms with Crippen molar-refractivity contribution in [1.29, 1.82) is 0 Å². The zero-order chi connectivity index (χ0) is 17.2. The van der Waals surface area contributed by atoms with Crippen LogP contribution in [0.1, 0.15) is 52.0 Å². The first-order chi connectivity index (χ1) is 11.9. The first kappa shape index (κ1) is 14.8. The van der Waals surface area contributed by atoms with Crippen molar-refractivity contribution in [1.82, 2.24) is 0 Å². The number of hydrogen-bond acceptors (Lipinski definition) is 5. The summed E-state index contributed by atoms with van der Waals surface area (Å²) in [6.45, 7) is 6.78. The molecular weight excluding hydrogens is 320 g/mol. The van der Waals surface area contributed by atoms with Gasteiger partial charge in [0, 0.05) is 22.8 Å². The van der Waals surface area contributed by atoms with E-state index in [2.05, 4.69) is 20.8 Å². The van der Waals surface area contributed by atoms with Gasteiger partial charge in [0.25, 0.3) is 0 Å². The number of carbonyl (C=O) groups excluding carboxylic acids is 1. The van der Waals surface area contributed by atoms with Crippen LogP contribution in [0.5, 0.6) is 0 Å². The minimum absolute atomic E-state index is 0.00532. The highest BCUT2D eigenvalue weighted by Gasteiger charge is 2.83. The number of furan rings is 1. The highest BCUT2D eigenvalue weighted by atomic mass is 16.8. The SMILES string of the molecule is C[C@]12[C@H]3CCC[C@H]1C(=O)O[C@H]2[C@@H]1O[C@@]2(c4ccoc4)C[C@@]3(C)[C@@]1(C)O2. The second kappa shape index (κ2) is 3.99. The highest BCUT2D eigenvalue weighted by molar-refractivity contribution is 5.77. The maximum atomic E-state index is 12.6. The third-order valence-corrected chi connectivity index (χ3v) is 8.60. The second-order valence-electron chi connectivity index (χ2n) is 9.37. The van der Waals surface area contributed by atoms with Crippen LogP contribution in [-0.2, 0) is 24.8 Å². The molecule has 0 radical (unpaired) electrons. The number of esters is 1. The van der Waals surface area contributed by atoms with Crippen LogP contribution in [0.15, 0.2) is 23.0 Å². The standard InChI is InChI=1S/C20H24O5/c1-17-10-20(11-7-8-22-9-11)24-15(19(17,3)25-20)14-18(2)12(16(21)23-14)5-4-6-13(17)18/h7-9,12-15H,4-6,10H2,1-3H3/t12-,13-,14-,15-,17+,18+,19-,20-/m0/s1. The molecule has 3 saturated heterocycles. The van der Waals surface area contributed by atoms with Crippen LogP contribution in [0.4, 0.5) is 0 Å². The fourth-order valence-electron chi connectivity index (χ4n) is 7.34.